The molecule has 1 N–H and O–H groups in total. The Bertz CT molecular complexity index is 846. The van der Waals surface area contributed by atoms with Gasteiger partial charge in [-0.25, -0.2) is 8.78 Å². The maximum atomic E-state index is 13.7. The predicted octanol–water partition coefficient (Wildman–Crippen LogP) is 3.78. The molecule has 2 aromatic rings. The minimum absolute atomic E-state index is 0.236. The monoisotopic (exact) mass is 354 g/mol. The Morgan fingerprint density at radius 1 is 0.957 bits per heavy atom. The van der Waals surface area contributed by atoms with E-state index < -0.39 is 44.3 Å². The van der Waals surface area contributed by atoms with Gasteiger partial charge in [0.15, 0.2) is 11.6 Å². The van der Waals surface area contributed by atoms with E-state index in [1.165, 1.54) is 0 Å². The topological polar surface area (TPSA) is 63.6 Å². The summed E-state index contributed by atoms with van der Waals surface area (Å²) < 4.78 is 97.9. The average Bonchev–Trinajstić information content (AvgIpc) is 2.39. The first-order valence-corrected chi connectivity index (χ1v) is 7.24. The van der Waals surface area contributed by atoms with Gasteiger partial charge in [0, 0.05) is 5.56 Å². The summed E-state index contributed by atoms with van der Waals surface area (Å²) in [6.07, 6.45) is -5.10. The summed E-state index contributed by atoms with van der Waals surface area (Å²) in [5, 5.41) is 0. The van der Waals surface area contributed by atoms with E-state index in [-0.39, 0.29) is 5.56 Å². The van der Waals surface area contributed by atoms with Gasteiger partial charge >= 0.3 is 6.36 Å². The summed E-state index contributed by atoms with van der Waals surface area (Å²) in [5.41, 5.74) is -0.655. The van der Waals surface area contributed by atoms with Gasteiger partial charge < -0.3 is 4.74 Å². The van der Waals surface area contributed by atoms with Gasteiger partial charge in [-0.2, -0.15) is 8.42 Å². The van der Waals surface area contributed by atoms with Crippen LogP contribution in [0.2, 0.25) is 0 Å². The number of benzene rings is 2. The normalized spacial score (nSPS) is 12.3. The average molecular weight is 354 g/mol. The molecule has 10 heteroatoms. The first kappa shape index (κ1) is 17.2. The fourth-order valence-corrected chi connectivity index (χ4v) is 2.27. The second-order valence-electron chi connectivity index (χ2n) is 4.31. The van der Waals surface area contributed by atoms with E-state index in [0.29, 0.717) is 12.1 Å². The van der Waals surface area contributed by atoms with E-state index >= 15 is 0 Å². The Labute approximate surface area is 126 Å². The van der Waals surface area contributed by atoms with Crippen LogP contribution in [0.25, 0.3) is 11.1 Å². The molecule has 0 radical (unpaired) electrons. The van der Waals surface area contributed by atoms with Crippen LogP contribution in [-0.2, 0) is 10.1 Å². The molecule has 0 saturated heterocycles. The summed E-state index contributed by atoms with van der Waals surface area (Å²) in [5.74, 6) is -3.50. The molecule has 0 aromatic heterocycles. The van der Waals surface area contributed by atoms with Gasteiger partial charge in [-0.15, -0.1) is 13.2 Å². The lowest BCUT2D eigenvalue weighted by molar-refractivity contribution is -0.275. The third-order valence-electron chi connectivity index (χ3n) is 2.70. The number of halogens is 5. The molecule has 0 heterocycles. The Kier molecular flexibility index (Phi) is 4.31. The fourth-order valence-electron chi connectivity index (χ4n) is 1.76. The van der Waals surface area contributed by atoms with Crippen LogP contribution in [0.3, 0.4) is 0 Å². The van der Waals surface area contributed by atoms with Gasteiger partial charge in [0.1, 0.15) is 5.82 Å². The lowest BCUT2D eigenvalue weighted by Gasteiger charge is -2.11. The molecule has 0 saturated carbocycles. The lowest BCUT2D eigenvalue weighted by atomic mass is 10.0. The van der Waals surface area contributed by atoms with Gasteiger partial charge in [0.2, 0.25) is 0 Å². The van der Waals surface area contributed by atoms with Crippen molar-refractivity contribution in [3.8, 4) is 16.9 Å². The molecule has 0 unspecified atom stereocenters. The van der Waals surface area contributed by atoms with Crippen molar-refractivity contribution in [1.82, 2.24) is 0 Å². The maximum absolute atomic E-state index is 13.7. The van der Waals surface area contributed by atoms with E-state index in [9.17, 15) is 30.4 Å². The molecule has 0 aliphatic rings. The zero-order chi connectivity index (χ0) is 17.4. The van der Waals surface area contributed by atoms with Gasteiger partial charge in [-0.05, 0) is 35.9 Å². The van der Waals surface area contributed by atoms with Gasteiger partial charge in [-0.1, -0.05) is 6.07 Å². The second kappa shape index (κ2) is 5.78. The largest absolute Gasteiger partial charge is 0.573 e. The van der Waals surface area contributed by atoms with Crippen LogP contribution in [0, 0.1) is 11.6 Å². The molecule has 0 bridgehead atoms. The number of rotatable bonds is 3. The van der Waals surface area contributed by atoms with Crippen LogP contribution >= 0.6 is 0 Å². The Hall–Kier alpha value is -2.20. The van der Waals surface area contributed by atoms with Crippen molar-refractivity contribution < 1.29 is 39.7 Å². The molecule has 2 aromatic carbocycles. The molecule has 0 aliphatic carbocycles. The standard InChI is InChI=1S/C13H7F5O4S/c14-10-3-2-8(23(19,20)21)6-9(10)7-1-4-12(11(15)5-7)22-13(16,17)18/h1-6H,(H,19,20,21). The summed E-state index contributed by atoms with van der Waals surface area (Å²) >= 11 is 0. The summed E-state index contributed by atoms with van der Waals surface area (Å²) in [6.45, 7) is 0. The summed E-state index contributed by atoms with van der Waals surface area (Å²) in [6, 6.07) is 4.31. The van der Waals surface area contributed by atoms with Gasteiger partial charge in [0.25, 0.3) is 10.1 Å². The quantitative estimate of drug-likeness (QED) is 0.673. The molecule has 124 valence electrons. The minimum atomic E-state index is -5.10. The first-order chi connectivity index (χ1) is 10.5. The van der Waals surface area contributed by atoms with Crippen LogP contribution in [0.1, 0.15) is 0 Å². The van der Waals surface area contributed by atoms with Crippen LogP contribution in [0.5, 0.6) is 5.75 Å². The van der Waals surface area contributed by atoms with Crippen molar-refractivity contribution in [2.45, 2.75) is 11.3 Å². The van der Waals surface area contributed by atoms with Crippen molar-refractivity contribution in [2.24, 2.45) is 0 Å². The summed E-state index contributed by atoms with van der Waals surface area (Å²) in [7, 11) is -4.63. The highest BCUT2D eigenvalue weighted by Gasteiger charge is 2.32. The fraction of sp³-hybridized carbons (Fsp3) is 0.0769. The number of hydrogen-bond donors (Lipinski definition) is 1. The highest BCUT2D eigenvalue weighted by molar-refractivity contribution is 7.85. The molecule has 4 nitrogen and oxygen atoms in total. The van der Waals surface area contributed by atoms with Crippen molar-refractivity contribution in [1.29, 1.82) is 0 Å². The van der Waals surface area contributed by atoms with Crippen molar-refractivity contribution in [3.05, 3.63) is 48.0 Å². The molecule has 0 spiro atoms. The predicted molar refractivity (Wildman–Crippen MR) is 68.3 cm³/mol. The van der Waals surface area contributed by atoms with Crippen molar-refractivity contribution in [2.75, 3.05) is 0 Å². The molecular formula is C13H7F5O4S. The maximum Gasteiger partial charge on any atom is 0.573 e. The summed E-state index contributed by atoms with van der Waals surface area (Å²) in [4.78, 5) is -0.648. The lowest BCUT2D eigenvalue weighted by Crippen LogP contribution is -2.17. The SMILES string of the molecule is O=S(=O)(O)c1ccc(F)c(-c2ccc(OC(F)(F)F)c(F)c2)c1. The molecular weight excluding hydrogens is 347 g/mol. The smallest absolute Gasteiger partial charge is 0.403 e. The van der Waals surface area contributed by atoms with Gasteiger partial charge in [-0.3, -0.25) is 4.55 Å². The van der Waals surface area contributed by atoms with Gasteiger partial charge in [0.05, 0.1) is 4.90 Å². The van der Waals surface area contributed by atoms with E-state index in [4.69, 9.17) is 4.55 Å². The molecule has 0 amide bonds. The third-order valence-corrected chi connectivity index (χ3v) is 3.55. The van der Waals surface area contributed by atoms with E-state index in [1.807, 2.05) is 0 Å². The second-order valence-corrected chi connectivity index (χ2v) is 5.73. The number of hydrogen-bond acceptors (Lipinski definition) is 3. The number of ether oxygens (including phenoxy) is 1. The van der Waals surface area contributed by atoms with Crippen molar-refractivity contribution in [3.63, 3.8) is 0 Å². The molecule has 0 fully saturated rings. The molecule has 0 aliphatic heterocycles. The van der Waals surface area contributed by atoms with E-state index in [1.54, 1.807) is 0 Å². The third kappa shape index (κ3) is 4.17. The Morgan fingerprint density at radius 3 is 2.13 bits per heavy atom. The zero-order valence-electron chi connectivity index (χ0n) is 10.9. The van der Waals surface area contributed by atoms with Crippen LogP contribution in [0.4, 0.5) is 22.0 Å². The molecule has 23 heavy (non-hydrogen) atoms. The van der Waals surface area contributed by atoms with E-state index in [2.05, 4.69) is 4.74 Å². The van der Waals surface area contributed by atoms with E-state index in [0.717, 1.165) is 24.3 Å². The van der Waals surface area contributed by atoms with Crippen LogP contribution < -0.4 is 4.74 Å². The number of alkyl halides is 3. The highest BCUT2D eigenvalue weighted by Crippen LogP contribution is 2.31. The Morgan fingerprint density at radius 2 is 1.61 bits per heavy atom. The molecule has 0 atom stereocenters. The first-order valence-electron chi connectivity index (χ1n) is 5.80. The molecule has 2 rings (SSSR count). The minimum Gasteiger partial charge on any atom is -0.403 e. The Balaban J connectivity index is 2.49. The van der Waals surface area contributed by atoms with Crippen molar-refractivity contribution >= 4 is 10.1 Å². The highest BCUT2D eigenvalue weighted by atomic mass is 32.2. The van der Waals surface area contributed by atoms with Crippen LogP contribution in [-0.4, -0.2) is 19.3 Å². The van der Waals surface area contributed by atoms with Crippen LogP contribution in [0.15, 0.2) is 41.3 Å². The zero-order valence-corrected chi connectivity index (χ0v) is 11.8.